The summed E-state index contributed by atoms with van der Waals surface area (Å²) in [5.74, 6) is -1.54. The first-order chi connectivity index (χ1) is 8.42. The number of phenolic OH excluding ortho intramolecular Hbond substituents is 1. The van der Waals surface area contributed by atoms with E-state index < -0.39 is 37.9 Å². The highest BCUT2D eigenvalue weighted by molar-refractivity contribution is 7.85. The highest BCUT2D eigenvalue weighted by Crippen LogP contribution is 2.30. The number of rotatable bonds is 2. The summed E-state index contributed by atoms with van der Waals surface area (Å²) in [5, 5.41) is 9.65. The number of carbonyl (C=O) groups excluding carboxylic acids is 1. The van der Waals surface area contributed by atoms with Gasteiger partial charge in [-0.05, 0) is 32.9 Å². The Hall–Kier alpha value is -1.80. The third-order valence-electron chi connectivity index (χ3n) is 2.03. The normalized spacial score (nSPS) is 12.2. The van der Waals surface area contributed by atoms with Crippen LogP contribution >= 0.6 is 0 Å². The molecular weight excluding hydrogens is 274 g/mol. The number of carbonyl (C=O) groups is 1. The van der Waals surface area contributed by atoms with Gasteiger partial charge in [-0.1, -0.05) is 0 Å². The van der Waals surface area contributed by atoms with Gasteiger partial charge in [0.1, 0.15) is 11.2 Å². The van der Waals surface area contributed by atoms with Gasteiger partial charge in [0.2, 0.25) is 0 Å². The Balaban J connectivity index is 3.36. The molecule has 0 bridgehead atoms. The summed E-state index contributed by atoms with van der Waals surface area (Å²) in [6.45, 7) is 4.83. The number of esters is 1. The maximum absolute atomic E-state index is 11.8. The van der Waals surface area contributed by atoms with Crippen LogP contribution < -0.4 is 5.73 Å². The van der Waals surface area contributed by atoms with Crippen LogP contribution in [0.3, 0.4) is 0 Å². The second-order valence-corrected chi connectivity index (χ2v) is 6.31. The Morgan fingerprint density at radius 2 is 1.84 bits per heavy atom. The van der Waals surface area contributed by atoms with E-state index in [0.29, 0.717) is 0 Å². The molecule has 0 atom stereocenters. The second-order valence-electron chi connectivity index (χ2n) is 4.89. The van der Waals surface area contributed by atoms with Crippen molar-refractivity contribution in [2.75, 3.05) is 5.73 Å². The minimum absolute atomic E-state index is 0.351. The monoisotopic (exact) mass is 289 g/mol. The maximum atomic E-state index is 11.8. The maximum Gasteiger partial charge on any atom is 0.342 e. The minimum Gasteiger partial charge on any atom is -0.505 e. The van der Waals surface area contributed by atoms with Crippen LogP contribution in [0.1, 0.15) is 31.1 Å². The molecule has 0 heterocycles. The summed E-state index contributed by atoms with van der Waals surface area (Å²) in [4.78, 5) is 11.2. The molecule has 0 spiro atoms. The SMILES string of the molecule is CC(C)(C)OC(=O)c1cc(S(=O)(=O)O)cc(N)c1O. The van der Waals surface area contributed by atoms with E-state index in [9.17, 15) is 18.3 Å². The van der Waals surface area contributed by atoms with Crippen LogP contribution in [0.15, 0.2) is 17.0 Å². The van der Waals surface area contributed by atoms with Gasteiger partial charge < -0.3 is 15.6 Å². The molecule has 0 aliphatic heterocycles. The van der Waals surface area contributed by atoms with Crippen molar-refractivity contribution in [3.8, 4) is 5.75 Å². The summed E-state index contributed by atoms with van der Waals surface area (Å²) in [5.41, 5.74) is 3.78. The molecular formula is C11H15NO6S. The number of hydrogen-bond donors (Lipinski definition) is 3. The molecule has 7 nitrogen and oxygen atoms in total. The van der Waals surface area contributed by atoms with Crippen molar-refractivity contribution in [1.29, 1.82) is 0 Å². The molecule has 19 heavy (non-hydrogen) atoms. The molecule has 1 aromatic rings. The average Bonchev–Trinajstić information content (AvgIpc) is 2.17. The lowest BCUT2D eigenvalue weighted by Crippen LogP contribution is -2.24. The molecule has 1 aromatic carbocycles. The number of nitrogens with two attached hydrogens (primary N) is 1. The second kappa shape index (κ2) is 4.71. The lowest BCUT2D eigenvalue weighted by molar-refractivity contribution is 0.00666. The highest BCUT2D eigenvalue weighted by atomic mass is 32.2. The van der Waals surface area contributed by atoms with Crippen LogP contribution in [0.4, 0.5) is 5.69 Å². The first-order valence-electron chi connectivity index (χ1n) is 5.25. The Morgan fingerprint density at radius 3 is 2.26 bits per heavy atom. The zero-order valence-corrected chi connectivity index (χ0v) is 11.5. The number of nitrogen functional groups attached to an aromatic ring is 1. The number of benzene rings is 1. The van der Waals surface area contributed by atoms with E-state index in [1.165, 1.54) is 0 Å². The summed E-state index contributed by atoms with van der Waals surface area (Å²) < 4.78 is 36.0. The highest BCUT2D eigenvalue weighted by Gasteiger charge is 2.24. The van der Waals surface area contributed by atoms with E-state index in [0.717, 1.165) is 12.1 Å². The van der Waals surface area contributed by atoms with Gasteiger partial charge in [-0.2, -0.15) is 8.42 Å². The van der Waals surface area contributed by atoms with Gasteiger partial charge in [-0.3, -0.25) is 4.55 Å². The lowest BCUT2D eigenvalue weighted by atomic mass is 10.1. The van der Waals surface area contributed by atoms with Gasteiger partial charge in [-0.15, -0.1) is 0 Å². The largest absolute Gasteiger partial charge is 0.505 e. The van der Waals surface area contributed by atoms with Crippen molar-refractivity contribution >= 4 is 21.8 Å². The predicted octanol–water partition coefficient (Wildman–Crippen LogP) is 1.18. The topological polar surface area (TPSA) is 127 Å². The number of phenols is 1. The van der Waals surface area contributed by atoms with Gasteiger partial charge >= 0.3 is 5.97 Å². The summed E-state index contributed by atoms with van der Waals surface area (Å²) in [6.07, 6.45) is 0. The van der Waals surface area contributed by atoms with Crippen molar-refractivity contribution in [3.05, 3.63) is 17.7 Å². The molecule has 0 aliphatic rings. The smallest absolute Gasteiger partial charge is 0.342 e. The van der Waals surface area contributed by atoms with Crippen molar-refractivity contribution < 1.29 is 27.6 Å². The van der Waals surface area contributed by atoms with Gasteiger partial charge in [0.05, 0.1) is 10.6 Å². The van der Waals surface area contributed by atoms with Crippen LogP contribution in [-0.4, -0.2) is 29.6 Å². The van der Waals surface area contributed by atoms with E-state index in [1.807, 2.05) is 0 Å². The zero-order chi connectivity index (χ0) is 15.0. The fourth-order valence-electron chi connectivity index (χ4n) is 1.27. The van der Waals surface area contributed by atoms with Gasteiger partial charge in [0.15, 0.2) is 5.75 Å². The Labute approximate surface area is 110 Å². The predicted molar refractivity (Wildman–Crippen MR) is 67.5 cm³/mol. The fraction of sp³-hybridized carbons (Fsp3) is 0.364. The first kappa shape index (κ1) is 15.3. The van der Waals surface area contributed by atoms with Crippen molar-refractivity contribution in [2.24, 2.45) is 0 Å². The molecule has 0 aromatic heterocycles. The molecule has 0 saturated carbocycles. The van der Waals surface area contributed by atoms with Crippen LogP contribution in [0.25, 0.3) is 0 Å². The van der Waals surface area contributed by atoms with Crippen LogP contribution in [0.5, 0.6) is 5.75 Å². The van der Waals surface area contributed by atoms with E-state index in [-0.39, 0.29) is 5.69 Å². The Kier molecular flexibility index (Phi) is 3.78. The standard InChI is InChI=1S/C11H15NO6S/c1-11(2,3)18-10(14)7-4-6(19(15,16)17)5-8(12)9(7)13/h4-5,13H,12H2,1-3H3,(H,15,16,17). The fourth-order valence-corrected chi connectivity index (χ4v) is 1.81. The summed E-state index contributed by atoms with van der Waals surface area (Å²) in [6, 6.07) is 1.65. The third kappa shape index (κ3) is 3.83. The third-order valence-corrected chi connectivity index (χ3v) is 2.86. The van der Waals surface area contributed by atoms with E-state index in [4.69, 9.17) is 15.0 Å². The van der Waals surface area contributed by atoms with Crippen LogP contribution in [0, 0.1) is 0 Å². The lowest BCUT2D eigenvalue weighted by Gasteiger charge is -2.20. The first-order valence-corrected chi connectivity index (χ1v) is 6.69. The van der Waals surface area contributed by atoms with Crippen molar-refractivity contribution in [3.63, 3.8) is 0 Å². The molecule has 0 radical (unpaired) electrons. The molecule has 8 heteroatoms. The summed E-state index contributed by atoms with van der Waals surface area (Å²) in [7, 11) is -4.54. The van der Waals surface area contributed by atoms with Crippen LogP contribution in [-0.2, 0) is 14.9 Å². The minimum atomic E-state index is -4.54. The number of anilines is 1. The van der Waals surface area contributed by atoms with Crippen LogP contribution in [0.2, 0.25) is 0 Å². The molecule has 0 fully saturated rings. The number of ether oxygens (including phenoxy) is 1. The molecule has 4 N–H and O–H groups in total. The van der Waals surface area contributed by atoms with Crippen molar-refractivity contribution in [2.45, 2.75) is 31.3 Å². The van der Waals surface area contributed by atoms with Gasteiger partial charge in [-0.25, -0.2) is 4.79 Å². The molecule has 106 valence electrons. The molecule has 0 unspecified atom stereocenters. The van der Waals surface area contributed by atoms with Gasteiger partial charge in [0, 0.05) is 0 Å². The molecule has 0 aliphatic carbocycles. The van der Waals surface area contributed by atoms with E-state index in [1.54, 1.807) is 20.8 Å². The Morgan fingerprint density at radius 1 is 1.32 bits per heavy atom. The average molecular weight is 289 g/mol. The molecule has 1 rings (SSSR count). The van der Waals surface area contributed by atoms with E-state index >= 15 is 0 Å². The Bertz CT molecular complexity index is 615. The number of aromatic hydroxyl groups is 1. The van der Waals surface area contributed by atoms with Gasteiger partial charge in [0.25, 0.3) is 10.1 Å². The number of hydrogen-bond acceptors (Lipinski definition) is 6. The van der Waals surface area contributed by atoms with Crippen molar-refractivity contribution in [1.82, 2.24) is 0 Å². The molecule has 0 saturated heterocycles. The zero-order valence-electron chi connectivity index (χ0n) is 10.7. The van der Waals surface area contributed by atoms with E-state index in [2.05, 4.69) is 0 Å². The quantitative estimate of drug-likeness (QED) is 0.323. The molecule has 0 amide bonds. The summed E-state index contributed by atoms with van der Waals surface area (Å²) >= 11 is 0.